The van der Waals surface area contributed by atoms with E-state index in [9.17, 15) is 18.0 Å². The van der Waals surface area contributed by atoms with Gasteiger partial charge in [-0.1, -0.05) is 0 Å². The van der Waals surface area contributed by atoms with E-state index in [0.29, 0.717) is 13.1 Å². The molecule has 1 aromatic heterocycles. The van der Waals surface area contributed by atoms with Crippen LogP contribution in [0.2, 0.25) is 0 Å². The van der Waals surface area contributed by atoms with Crippen molar-refractivity contribution in [3.63, 3.8) is 0 Å². The van der Waals surface area contributed by atoms with E-state index in [1.807, 2.05) is 16.2 Å². The fourth-order valence-electron chi connectivity index (χ4n) is 2.10. The molecule has 8 heteroatoms. The van der Waals surface area contributed by atoms with Crippen LogP contribution >= 0.6 is 11.3 Å². The van der Waals surface area contributed by atoms with E-state index in [1.54, 1.807) is 16.2 Å². The van der Waals surface area contributed by atoms with Crippen molar-refractivity contribution in [3.05, 3.63) is 21.9 Å². The zero-order valence-corrected chi connectivity index (χ0v) is 12.7. The first-order chi connectivity index (χ1) is 9.35. The van der Waals surface area contributed by atoms with Crippen LogP contribution in [0.3, 0.4) is 0 Å². The Bertz CT molecular complexity index is 621. The molecule has 0 fully saturated rings. The lowest BCUT2D eigenvalue weighted by atomic mass is 10.1. The number of carbonyl (C=O) groups is 2. The van der Waals surface area contributed by atoms with E-state index < -0.39 is 15.9 Å². The molecule has 1 N–H and O–H groups in total. The lowest BCUT2D eigenvalue weighted by molar-refractivity contribution is -0.134. The van der Waals surface area contributed by atoms with E-state index in [-0.39, 0.29) is 18.7 Å². The minimum atomic E-state index is -3.55. The van der Waals surface area contributed by atoms with Crippen molar-refractivity contribution >= 4 is 33.2 Å². The zero-order valence-electron chi connectivity index (χ0n) is 11.1. The van der Waals surface area contributed by atoms with Crippen LogP contribution in [-0.4, -0.2) is 37.9 Å². The second-order valence-electron chi connectivity index (χ2n) is 4.73. The van der Waals surface area contributed by atoms with Gasteiger partial charge >= 0.3 is 0 Å². The minimum Gasteiger partial charge on any atom is -0.338 e. The molecular formula is C12H16N2O4S2. The summed E-state index contributed by atoms with van der Waals surface area (Å²) < 4.78 is 23.6. The van der Waals surface area contributed by atoms with Crippen molar-refractivity contribution < 1.29 is 18.0 Å². The molecule has 0 unspecified atom stereocenters. The van der Waals surface area contributed by atoms with Gasteiger partial charge in [0, 0.05) is 30.8 Å². The summed E-state index contributed by atoms with van der Waals surface area (Å²) in [7, 11) is -3.55. The van der Waals surface area contributed by atoms with Crippen LogP contribution in [0.5, 0.6) is 0 Å². The average molecular weight is 316 g/mol. The average Bonchev–Trinajstić information content (AvgIpc) is 2.80. The fraction of sp³-hybridized carbons (Fsp3) is 0.500. The van der Waals surface area contributed by atoms with Crippen molar-refractivity contribution in [3.8, 4) is 0 Å². The highest BCUT2D eigenvalue weighted by Crippen LogP contribution is 2.24. The molecule has 0 aliphatic carbocycles. The highest BCUT2D eigenvalue weighted by atomic mass is 32.2. The minimum absolute atomic E-state index is 0.0286. The first kappa shape index (κ1) is 15.0. The Balaban J connectivity index is 1.83. The second kappa shape index (κ2) is 5.92. The van der Waals surface area contributed by atoms with Gasteiger partial charge in [0.25, 0.3) is 0 Å². The number of carbonyl (C=O) groups excluding carboxylic acids is 2. The summed E-state index contributed by atoms with van der Waals surface area (Å²) in [6.45, 7) is 1.23. The summed E-state index contributed by atoms with van der Waals surface area (Å²) in [4.78, 5) is 26.4. The number of thiophene rings is 1. The molecule has 6 nitrogen and oxygen atoms in total. The molecule has 2 amide bonds. The number of sulfonamides is 1. The number of hydrogen-bond acceptors (Lipinski definition) is 5. The third-order valence-corrected chi connectivity index (χ3v) is 4.65. The number of nitrogens with zero attached hydrogens (tertiary/aromatic N) is 1. The molecule has 1 aliphatic heterocycles. The molecule has 20 heavy (non-hydrogen) atoms. The standard InChI is InChI=1S/C12H16N2O4S2/c1-20(17,18)13-11(15)2-3-12(16)14-6-4-10-9(8-14)5-7-19-10/h5,7H,2-4,6,8H2,1H3,(H,13,15). The molecule has 2 heterocycles. The summed E-state index contributed by atoms with van der Waals surface area (Å²) in [5, 5.41) is 2.01. The van der Waals surface area contributed by atoms with Crippen LogP contribution in [0.4, 0.5) is 0 Å². The van der Waals surface area contributed by atoms with E-state index in [0.717, 1.165) is 18.2 Å². The van der Waals surface area contributed by atoms with Gasteiger partial charge in [0.1, 0.15) is 0 Å². The smallest absolute Gasteiger partial charge is 0.233 e. The Morgan fingerprint density at radius 3 is 2.85 bits per heavy atom. The number of rotatable bonds is 4. The molecule has 0 bridgehead atoms. The Hall–Kier alpha value is -1.41. The van der Waals surface area contributed by atoms with E-state index in [4.69, 9.17) is 0 Å². The van der Waals surface area contributed by atoms with Gasteiger partial charge in [0.05, 0.1) is 6.26 Å². The maximum absolute atomic E-state index is 12.0. The predicted octanol–water partition coefficient (Wildman–Crippen LogP) is 0.489. The first-order valence-corrected chi connectivity index (χ1v) is 8.96. The van der Waals surface area contributed by atoms with Gasteiger partial charge in [-0.15, -0.1) is 11.3 Å². The van der Waals surface area contributed by atoms with E-state index >= 15 is 0 Å². The first-order valence-electron chi connectivity index (χ1n) is 6.19. The number of fused-ring (bicyclic) bond motifs is 1. The third-order valence-electron chi connectivity index (χ3n) is 3.03. The van der Waals surface area contributed by atoms with Crippen LogP contribution in [0, 0.1) is 0 Å². The summed E-state index contributed by atoms with van der Waals surface area (Å²) in [6.07, 6.45) is 1.67. The largest absolute Gasteiger partial charge is 0.338 e. The summed E-state index contributed by atoms with van der Waals surface area (Å²) in [5.41, 5.74) is 1.16. The van der Waals surface area contributed by atoms with Gasteiger partial charge in [-0.2, -0.15) is 0 Å². The lowest BCUT2D eigenvalue weighted by Gasteiger charge is -2.27. The Morgan fingerprint density at radius 2 is 2.15 bits per heavy atom. The van der Waals surface area contributed by atoms with Crippen LogP contribution in [0.15, 0.2) is 11.4 Å². The van der Waals surface area contributed by atoms with Gasteiger partial charge in [0.2, 0.25) is 21.8 Å². The maximum atomic E-state index is 12.0. The van der Waals surface area contributed by atoms with Crippen LogP contribution in [-0.2, 0) is 32.6 Å². The summed E-state index contributed by atoms with van der Waals surface area (Å²) in [6, 6.07) is 2.01. The van der Waals surface area contributed by atoms with Crippen LogP contribution < -0.4 is 4.72 Å². The SMILES string of the molecule is CS(=O)(=O)NC(=O)CCC(=O)N1CCc2sccc2C1. The normalized spacial score (nSPS) is 14.8. The molecular weight excluding hydrogens is 300 g/mol. The van der Waals surface area contributed by atoms with Gasteiger partial charge < -0.3 is 4.90 Å². The van der Waals surface area contributed by atoms with Gasteiger partial charge in [-0.3, -0.25) is 14.3 Å². The molecule has 0 spiro atoms. The molecule has 0 atom stereocenters. The third kappa shape index (κ3) is 4.04. The van der Waals surface area contributed by atoms with E-state index in [2.05, 4.69) is 0 Å². The van der Waals surface area contributed by atoms with Crippen molar-refractivity contribution in [2.75, 3.05) is 12.8 Å². The van der Waals surface area contributed by atoms with Gasteiger partial charge in [0.15, 0.2) is 0 Å². The lowest BCUT2D eigenvalue weighted by Crippen LogP contribution is -2.36. The van der Waals surface area contributed by atoms with Gasteiger partial charge in [-0.25, -0.2) is 8.42 Å². The molecule has 0 saturated heterocycles. The van der Waals surface area contributed by atoms with Crippen molar-refractivity contribution in [2.24, 2.45) is 0 Å². The van der Waals surface area contributed by atoms with Crippen LogP contribution in [0.25, 0.3) is 0 Å². The molecule has 110 valence electrons. The highest BCUT2D eigenvalue weighted by molar-refractivity contribution is 7.89. The van der Waals surface area contributed by atoms with Crippen molar-refractivity contribution in [1.29, 1.82) is 0 Å². The molecule has 1 aliphatic rings. The molecule has 0 aromatic carbocycles. The Labute approximate surface area is 121 Å². The monoisotopic (exact) mass is 316 g/mol. The van der Waals surface area contributed by atoms with E-state index in [1.165, 1.54) is 4.88 Å². The Morgan fingerprint density at radius 1 is 1.40 bits per heavy atom. The second-order valence-corrected chi connectivity index (χ2v) is 7.48. The number of hydrogen-bond donors (Lipinski definition) is 1. The topological polar surface area (TPSA) is 83.5 Å². The summed E-state index contributed by atoms with van der Waals surface area (Å²) in [5.74, 6) is -0.764. The van der Waals surface area contributed by atoms with Crippen molar-refractivity contribution in [1.82, 2.24) is 9.62 Å². The van der Waals surface area contributed by atoms with Crippen LogP contribution in [0.1, 0.15) is 23.3 Å². The predicted molar refractivity (Wildman–Crippen MR) is 75.7 cm³/mol. The number of amides is 2. The highest BCUT2D eigenvalue weighted by Gasteiger charge is 2.22. The Kier molecular flexibility index (Phi) is 4.44. The number of nitrogens with one attached hydrogen (secondary N) is 1. The maximum Gasteiger partial charge on any atom is 0.233 e. The van der Waals surface area contributed by atoms with Gasteiger partial charge in [-0.05, 0) is 23.4 Å². The molecule has 0 radical (unpaired) electrons. The molecule has 1 aromatic rings. The quantitative estimate of drug-likeness (QED) is 0.876. The zero-order chi connectivity index (χ0) is 14.8. The van der Waals surface area contributed by atoms with Crippen molar-refractivity contribution in [2.45, 2.75) is 25.8 Å². The molecule has 0 saturated carbocycles. The fourth-order valence-corrected chi connectivity index (χ4v) is 3.50. The molecule has 2 rings (SSSR count). The summed E-state index contributed by atoms with van der Waals surface area (Å²) >= 11 is 1.69.